The summed E-state index contributed by atoms with van der Waals surface area (Å²) in [5, 5.41) is 7.69. The van der Waals surface area contributed by atoms with Gasteiger partial charge < -0.3 is 10.2 Å². The van der Waals surface area contributed by atoms with E-state index in [4.69, 9.17) is 5.10 Å². The molecule has 29 heavy (non-hydrogen) atoms. The van der Waals surface area contributed by atoms with Gasteiger partial charge in [-0.05, 0) is 36.4 Å². The number of amides is 1. The SMILES string of the molecule is CN(C)c1ccc(NC(=O)c2cn(-c3ccccc3)nc2-c2ccccc2)cc1. The second-order valence-corrected chi connectivity index (χ2v) is 6.93. The first kappa shape index (κ1) is 18.5. The Kier molecular flexibility index (Phi) is 5.12. The second-order valence-electron chi connectivity index (χ2n) is 6.93. The van der Waals surface area contributed by atoms with Crippen LogP contribution < -0.4 is 10.2 Å². The van der Waals surface area contributed by atoms with Crippen molar-refractivity contribution in [3.05, 3.63) is 96.7 Å². The van der Waals surface area contributed by atoms with E-state index in [1.165, 1.54) is 0 Å². The van der Waals surface area contributed by atoms with Crippen LogP contribution in [0.4, 0.5) is 11.4 Å². The third kappa shape index (κ3) is 4.04. The predicted molar refractivity (Wildman–Crippen MR) is 118 cm³/mol. The van der Waals surface area contributed by atoms with Gasteiger partial charge in [-0.15, -0.1) is 0 Å². The average Bonchev–Trinajstić information content (AvgIpc) is 3.21. The van der Waals surface area contributed by atoms with E-state index in [-0.39, 0.29) is 5.91 Å². The predicted octanol–water partition coefficient (Wildman–Crippen LogP) is 4.86. The van der Waals surface area contributed by atoms with E-state index in [1.54, 1.807) is 10.9 Å². The Morgan fingerprint density at radius 1 is 0.862 bits per heavy atom. The molecule has 4 rings (SSSR count). The first-order chi connectivity index (χ1) is 14.1. The number of benzene rings is 3. The van der Waals surface area contributed by atoms with Gasteiger partial charge in [0.2, 0.25) is 0 Å². The zero-order valence-electron chi connectivity index (χ0n) is 16.4. The van der Waals surface area contributed by atoms with Crippen molar-refractivity contribution in [1.29, 1.82) is 0 Å². The zero-order valence-corrected chi connectivity index (χ0v) is 16.4. The number of hydrogen-bond donors (Lipinski definition) is 1. The highest BCUT2D eigenvalue weighted by Crippen LogP contribution is 2.25. The molecule has 0 fully saturated rings. The third-order valence-electron chi connectivity index (χ3n) is 4.67. The van der Waals surface area contributed by atoms with Gasteiger partial charge in [0, 0.05) is 37.2 Å². The van der Waals surface area contributed by atoms with Gasteiger partial charge >= 0.3 is 0 Å². The summed E-state index contributed by atoms with van der Waals surface area (Å²) in [6.07, 6.45) is 1.78. The molecule has 5 heteroatoms. The fraction of sp³-hybridized carbons (Fsp3) is 0.0833. The van der Waals surface area contributed by atoms with E-state index < -0.39 is 0 Å². The largest absolute Gasteiger partial charge is 0.378 e. The van der Waals surface area contributed by atoms with E-state index in [0.717, 1.165) is 22.6 Å². The van der Waals surface area contributed by atoms with Crippen LogP contribution in [0.25, 0.3) is 16.9 Å². The number of nitrogens with one attached hydrogen (secondary N) is 1. The first-order valence-electron chi connectivity index (χ1n) is 9.41. The number of nitrogens with zero attached hydrogens (tertiary/aromatic N) is 3. The van der Waals surface area contributed by atoms with Gasteiger partial charge in [0.1, 0.15) is 5.69 Å². The maximum atomic E-state index is 13.1. The molecule has 0 bridgehead atoms. The molecule has 0 saturated heterocycles. The highest BCUT2D eigenvalue weighted by molar-refractivity contribution is 6.08. The molecule has 0 unspecified atom stereocenters. The molecule has 5 nitrogen and oxygen atoms in total. The molecule has 0 atom stereocenters. The lowest BCUT2D eigenvalue weighted by Gasteiger charge is -2.13. The van der Waals surface area contributed by atoms with Crippen LogP contribution in [0.3, 0.4) is 0 Å². The van der Waals surface area contributed by atoms with Crippen molar-refractivity contribution in [1.82, 2.24) is 9.78 Å². The van der Waals surface area contributed by atoms with Crippen LogP contribution in [0.1, 0.15) is 10.4 Å². The Morgan fingerprint density at radius 3 is 2.10 bits per heavy atom. The van der Waals surface area contributed by atoms with Crippen LogP contribution in [-0.4, -0.2) is 29.8 Å². The molecule has 1 heterocycles. The average molecular weight is 382 g/mol. The number of rotatable bonds is 5. The summed E-state index contributed by atoms with van der Waals surface area (Å²) in [6.45, 7) is 0. The quantitative estimate of drug-likeness (QED) is 0.536. The van der Waals surface area contributed by atoms with Crippen LogP contribution in [0.15, 0.2) is 91.1 Å². The third-order valence-corrected chi connectivity index (χ3v) is 4.67. The summed E-state index contributed by atoms with van der Waals surface area (Å²) in [4.78, 5) is 15.1. The minimum atomic E-state index is -0.191. The minimum Gasteiger partial charge on any atom is -0.378 e. The van der Waals surface area contributed by atoms with Crippen LogP contribution in [0.2, 0.25) is 0 Å². The monoisotopic (exact) mass is 382 g/mol. The van der Waals surface area contributed by atoms with E-state index in [2.05, 4.69) is 5.32 Å². The number of carbonyl (C=O) groups is 1. The fourth-order valence-electron chi connectivity index (χ4n) is 3.10. The highest BCUT2D eigenvalue weighted by atomic mass is 16.1. The van der Waals surface area contributed by atoms with E-state index in [9.17, 15) is 4.79 Å². The molecular weight excluding hydrogens is 360 g/mol. The standard InChI is InChI=1S/C24H22N4O/c1-27(2)20-15-13-19(14-16-20)25-24(29)22-17-28(21-11-7-4-8-12-21)26-23(22)18-9-5-3-6-10-18/h3-17H,1-2H3,(H,25,29). The topological polar surface area (TPSA) is 50.2 Å². The smallest absolute Gasteiger partial charge is 0.259 e. The molecule has 3 aromatic carbocycles. The summed E-state index contributed by atoms with van der Waals surface area (Å²) in [5.74, 6) is -0.191. The van der Waals surface area contributed by atoms with Crippen molar-refractivity contribution < 1.29 is 4.79 Å². The molecule has 0 radical (unpaired) electrons. The van der Waals surface area contributed by atoms with Gasteiger partial charge in [0.25, 0.3) is 5.91 Å². The van der Waals surface area contributed by atoms with Crippen molar-refractivity contribution >= 4 is 17.3 Å². The van der Waals surface area contributed by atoms with Crippen LogP contribution in [-0.2, 0) is 0 Å². The summed E-state index contributed by atoms with van der Waals surface area (Å²) in [6, 6.07) is 27.3. The van der Waals surface area contributed by atoms with Crippen molar-refractivity contribution in [2.45, 2.75) is 0 Å². The lowest BCUT2D eigenvalue weighted by molar-refractivity contribution is 0.102. The Hall–Kier alpha value is -3.86. The molecule has 0 spiro atoms. The maximum absolute atomic E-state index is 13.1. The molecule has 0 saturated carbocycles. The van der Waals surface area contributed by atoms with Gasteiger partial charge in [-0.25, -0.2) is 4.68 Å². The van der Waals surface area contributed by atoms with Gasteiger partial charge in [-0.1, -0.05) is 48.5 Å². The summed E-state index contributed by atoms with van der Waals surface area (Å²) in [5.41, 5.74) is 4.79. The van der Waals surface area contributed by atoms with E-state index in [0.29, 0.717) is 11.3 Å². The number of carbonyl (C=O) groups excluding carboxylic acids is 1. The molecule has 0 aliphatic rings. The van der Waals surface area contributed by atoms with Gasteiger partial charge in [0.05, 0.1) is 11.3 Å². The van der Waals surface area contributed by atoms with Crippen molar-refractivity contribution in [3.63, 3.8) is 0 Å². The number of hydrogen-bond acceptors (Lipinski definition) is 3. The van der Waals surface area contributed by atoms with Gasteiger partial charge in [-0.3, -0.25) is 4.79 Å². The second kappa shape index (κ2) is 8.02. The maximum Gasteiger partial charge on any atom is 0.259 e. The first-order valence-corrected chi connectivity index (χ1v) is 9.41. The number of para-hydroxylation sites is 1. The Morgan fingerprint density at radius 2 is 1.48 bits per heavy atom. The Bertz CT molecular complexity index is 1100. The van der Waals surface area contributed by atoms with Gasteiger partial charge in [-0.2, -0.15) is 5.10 Å². The van der Waals surface area contributed by atoms with Crippen molar-refractivity contribution in [2.24, 2.45) is 0 Å². The number of anilines is 2. The molecule has 144 valence electrons. The summed E-state index contributed by atoms with van der Waals surface area (Å²) >= 11 is 0. The Balaban J connectivity index is 1.69. The minimum absolute atomic E-state index is 0.191. The van der Waals surface area contributed by atoms with Crippen molar-refractivity contribution in [2.75, 3.05) is 24.3 Å². The van der Waals surface area contributed by atoms with Crippen molar-refractivity contribution in [3.8, 4) is 16.9 Å². The normalized spacial score (nSPS) is 10.6. The molecule has 4 aromatic rings. The molecular formula is C24H22N4O. The molecule has 1 aromatic heterocycles. The molecule has 1 amide bonds. The number of aromatic nitrogens is 2. The van der Waals surface area contributed by atoms with Crippen LogP contribution >= 0.6 is 0 Å². The highest BCUT2D eigenvalue weighted by Gasteiger charge is 2.18. The molecule has 0 aliphatic heterocycles. The van der Waals surface area contributed by atoms with Crippen LogP contribution in [0.5, 0.6) is 0 Å². The summed E-state index contributed by atoms with van der Waals surface area (Å²) < 4.78 is 1.74. The Labute approximate surface area is 170 Å². The molecule has 1 N–H and O–H groups in total. The summed E-state index contributed by atoms with van der Waals surface area (Å²) in [7, 11) is 3.97. The van der Waals surface area contributed by atoms with Gasteiger partial charge in [0.15, 0.2) is 0 Å². The lowest BCUT2D eigenvalue weighted by atomic mass is 10.1. The zero-order chi connectivity index (χ0) is 20.2. The fourth-order valence-corrected chi connectivity index (χ4v) is 3.10. The van der Waals surface area contributed by atoms with E-state index >= 15 is 0 Å². The lowest BCUT2D eigenvalue weighted by Crippen LogP contribution is -2.13. The molecule has 0 aliphatic carbocycles. The van der Waals surface area contributed by atoms with Crippen LogP contribution in [0, 0.1) is 0 Å². The van der Waals surface area contributed by atoms with E-state index in [1.807, 2.05) is 104 Å².